The Balaban J connectivity index is 1.51. The van der Waals surface area contributed by atoms with Gasteiger partial charge in [-0.1, -0.05) is 6.07 Å². The lowest BCUT2D eigenvalue weighted by molar-refractivity contribution is -0.137. The van der Waals surface area contributed by atoms with Crippen LogP contribution < -0.4 is 4.90 Å². The van der Waals surface area contributed by atoms with Crippen molar-refractivity contribution in [1.29, 1.82) is 0 Å². The maximum absolute atomic E-state index is 13.4. The third kappa shape index (κ3) is 4.48. The Morgan fingerprint density at radius 3 is 2.21 bits per heavy atom. The molecular weight excluding hydrogens is 457 g/mol. The van der Waals surface area contributed by atoms with Crippen LogP contribution in [0.4, 0.5) is 18.9 Å². The van der Waals surface area contributed by atoms with Crippen LogP contribution in [0.2, 0.25) is 0 Å². The van der Waals surface area contributed by atoms with Crippen molar-refractivity contribution >= 4 is 21.6 Å². The van der Waals surface area contributed by atoms with Crippen LogP contribution in [0.25, 0.3) is 0 Å². The van der Waals surface area contributed by atoms with Gasteiger partial charge < -0.3 is 14.4 Å². The van der Waals surface area contributed by atoms with E-state index in [1.165, 1.54) is 16.4 Å². The summed E-state index contributed by atoms with van der Waals surface area (Å²) in [7, 11) is -2.17. The fourth-order valence-electron chi connectivity index (χ4n) is 4.42. The van der Waals surface area contributed by atoms with E-state index in [0.29, 0.717) is 30.2 Å². The highest BCUT2D eigenvalue weighted by Gasteiger charge is 2.34. The molecule has 180 valence electrons. The summed E-state index contributed by atoms with van der Waals surface area (Å²) in [6.45, 7) is 3.83. The first kappa shape index (κ1) is 23.6. The number of rotatable bonds is 4. The van der Waals surface area contributed by atoms with E-state index in [0.717, 1.165) is 25.0 Å². The molecule has 11 heteroatoms. The molecule has 4 rings (SSSR count). The molecule has 2 saturated heterocycles. The molecule has 0 unspecified atom stereocenters. The van der Waals surface area contributed by atoms with E-state index in [9.17, 15) is 26.4 Å². The van der Waals surface area contributed by atoms with Crippen LogP contribution in [0.5, 0.6) is 0 Å². The molecule has 2 aromatic rings. The Morgan fingerprint density at radius 1 is 0.970 bits per heavy atom. The standard InChI is InChI=1S/C22H27F3N4O3S/c1-16-20(15-19(26(16)2)21(30)28-8-3-4-9-28)33(31,32)29-12-10-27(11-13-29)18-7-5-6-17(14-18)22(23,24)25/h5-7,14-15H,3-4,8-13H2,1-2H3. The minimum absolute atomic E-state index is 0.0973. The molecule has 0 aliphatic carbocycles. The van der Waals surface area contributed by atoms with Crippen molar-refractivity contribution in [2.45, 2.75) is 30.8 Å². The highest BCUT2D eigenvalue weighted by Crippen LogP contribution is 2.32. The Bertz CT molecular complexity index is 1150. The summed E-state index contributed by atoms with van der Waals surface area (Å²) in [4.78, 5) is 16.4. The first-order chi connectivity index (χ1) is 15.5. The van der Waals surface area contributed by atoms with Gasteiger partial charge in [0.25, 0.3) is 5.91 Å². The number of halogens is 3. The Kier molecular flexibility index (Phi) is 6.21. The number of sulfonamides is 1. The average molecular weight is 485 g/mol. The van der Waals surface area contributed by atoms with Gasteiger partial charge in [-0.2, -0.15) is 17.5 Å². The van der Waals surface area contributed by atoms with Crippen LogP contribution in [0.15, 0.2) is 35.2 Å². The summed E-state index contributed by atoms with van der Waals surface area (Å²) in [6, 6.07) is 6.50. The number of nitrogens with zero attached hydrogens (tertiary/aromatic N) is 4. The third-order valence-electron chi connectivity index (χ3n) is 6.50. The van der Waals surface area contributed by atoms with E-state index in [1.54, 1.807) is 34.4 Å². The second-order valence-electron chi connectivity index (χ2n) is 8.48. The molecule has 2 aliphatic rings. The maximum atomic E-state index is 13.4. The number of hydrogen-bond acceptors (Lipinski definition) is 4. The van der Waals surface area contributed by atoms with Gasteiger partial charge in [0.1, 0.15) is 10.6 Å². The lowest BCUT2D eigenvalue weighted by Gasteiger charge is -2.35. The Hall–Kier alpha value is -2.53. The summed E-state index contributed by atoms with van der Waals surface area (Å²) >= 11 is 0. The fourth-order valence-corrected chi connectivity index (χ4v) is 6.12. The largest absolute Gasteiger partial charge is 0.416 e. The Morgan fingerprint density at radius 2 is 1.61 bits per heavy atom. The van der Waals surface area contributed by atoms with Gasteiger partial charge in [-0.15, -0.1) is 0 Å². The molecule has 0 spiro atoms. The van der Waals surface area contributed by atoms with Gasteiger partial charge in [0.05, 0.1) is 5.56 Å². The molecule has 0 atom stereocenters. The number of aromatic nitrogens is 1. The van der Waals surface area contributed by atoms with Crippen LogP contribution in [0.1, 0.15) is 34.6 Å². The van der Waals surface area contributed by atoms with Crippen molar-refractivity contribution in [2.24, 2.45) is 7.05 Å². The van der Waals surface area contributed by atoms with Gasteiger partial charge in [0.2, 0.25) is 10.0 Å². The number of benzene rings is 1. The quantitative estimate of drug-likeness (QED) is 0.669. The maximum Gasteiger partial charge on any atom is 0.416 e. The van der Waals surface area contributed by atoms with Gasteiger partial charge in [-0.3, -0.25) is 4.79 Å². The van der Waals surface area contributed by atoms with Crippen molar-refractivity contribution in [3.63, 3.8) is 0 Å². The van der Waals surface area contributed by atoms with E-state index in [-0.39, 0.29) is 37.0 Å². The highest BCUT2D eigenvalue weighted by atomic mass is 32.2. The second-order valence-corrected chi connectivity index (χ2v) is 10.4. The fraction of sp³-hybridized carbons (Fsp3) is 0.500. The molecular formula is C22H27F3N4O3S. The number of carbonyl (C=O) groups is 1. The average Bonchev–Trinajstić information content (AvgIpc) is 3.42. The molecule has 0 radical (unpaired) electrons. The van der Waals surface area contributed by atoms with Crippen molar-refractivity contribution in [1.82, 2.24) is 13.8 Å². The van der Waals surface area contributed by atoms with Gasteiger partial charge in [-0.25, -0.2) is 8.42 Å². The smallest absolute Gasteiger partial charge is 0.369 e. The zero-order chi connectivity index (χ0) is 24.0. The highest BCUT2D eigenvalue weighted by molar-refractivity contribution is 7.89. The lowest BCUT2D eigenvalue weighted by Crippen LogP contribution is -2.48. The third-order valence-corrected chi connectivity index (χ3v) is 8.51. The number of hydrogen-bond donors (Lipinski definition) is 0. The van der Waals surface area contributed by atoms with E-state index < -0.39 is 21.8 Å². The Labute approximate surface area is 191 Å². The molecule has 2 fully saturated rings. The van der Waals surface area contributed by atoms with Crippen LogP contribution in [-0.4, -0.2) is 67.4 Å². The molecule has 1 aromatic heterocycles. The second kappa shape index (κ2) is 8.68. The van der Waals surface area contributed by atoms with Crippen LogP contribution in [0, 0.1) is 6.92 Å². The molecule has 0 saturated carbocycles. The molecule has 1 amide bonds. The monoisotopic (exact) mass is 484 g/mol. The van der Waals surface area contributed by atoms with E-state index >= 15 is 0 Å². The van der Waals surface area contributed by atoms with Crippen LogP contribution in [0.3, 0.4) is 0 Å². The molecule has 2 aliphatic heterocycles. The van der Waals surface area contributed by atoms with E-state index in [1.807, 2.05) is 0 Å². The summed E-state index contributed by atoms with van der Waals surface area (Å²) in [5.74, 6) is -0.172. The minimum atomic E-state index is -4.43. The summed E-state index contributed by atoms with van der Waals surface area (Å²) in [6.07, 6.45) is -2.55. The van der Waals surface area contributed by atoms with Crippen molar-refractivity contribution in [2.75, 3.05) is 44.2 Å². The first-order valence-electron chi connectivity index (χ1n) is 10.9. The predicted octanol–water partition coefficient (Wildman–Crippen LogP) is 3.10. The number of amides is 1. The topological polar surface area (TPSA) is 65.9 Å². The van der Waals surface area contributed by atoms with Gasteiger partial charge in [-0.05, 0) is 44.0 Å². The molecule has 1 aromatic carbocycles. The van der Waals surface area contributed by atoms with Crippen LogP contribution >= 0.6 is 0 Å². The zero-order valence-corrected chi connectivity index (χ0v) is 19.4. The number of piperazine rings is 1. The molecule has 0 bridgehead atoms. The van der Waals surface area contributed by atoms with Crippen molar-refractivity contribution < 1.29 is 26.4 Å². The normalized spacial score (nSPS) is 18.2. The zero-order valence-electron chi connectivity index (χ0n) is 18.6. The molecule has 3 heterocycles. The molecule has 7 nitrogen and oxygen atoms in total. The van der Waals surface area contributed by atoms with Crippen molar-refractivity contribution in [3.8, 4) is 0 Å². The lowest BCUT2D eigenvalue weighted by atomic mass is 10.1. The van der Waals surface area contributed by atoms with Crippen molar-refractivity contribution in [3.05, 3.63) is 47.3 Å². The summed E-state index contributed by atoms with van der Waals surface area (Å²) in [5.41, 5.74) is 0.509. The van der Waals surface area contributed by atoms with Gasteiger partial charge in [0.15, 0.2) is 0 Å². The van der Waals surface area contributed by atoms with Gasteiger partial charge in [0, 0.05) is 57.7 Å². The summed E-state index contributed by atoms with van der Waals surface area (Å²) in [5, 5.41) is 0. The molecule has 0 N–H and O–H groups in total. The van der Waals surface area contributed by atoms with Crippen LogP contribution in [-0.2, 0) is 23.2 Å². The van der Waals surface area contributed by atoms with E-state index in [2.05, 4.69) is 0 Å². The number of anilines is 1. The van der Waals surface area contributed by atoms with Gasteiger partial charge >= 0.3 is 6.18 Å². The SMILES string of the molecule is Cc1c(S(=O)(=O)N2CCN(c3cccc(C(F)(F)F)c3)CC2)cc(C(=O)N2CCCC2)n1C. The first-order valence-corrected chi connectivity index (χ1v) is 12.3. The summed E-state index contributed by atoms with van der Waals surface area (Å²) < 4.78 is 68.8. The minimum Gasteiger partial charge on any atom is -0.369 e. The predicted molar refractivity (Wildman–Crippen MR) is 118 cm³/mol. The number of carbonyl (C=O) groups excluding carboxylic acids is 1. The number of likely N-dealkylation sites (tertiary alicyclic amines) is 1. The number of alkyl halides is 3. The van der Waals surface area contributed by atoms with E-state index in [4.69, 9.17) is 0 Å². The molecule has 33 heavy (non-hydrogen) atoms.